The fraction of sp³-hybridized carbons (Fsp3) is 0.231. The summed E-state index contributed by atoms with van der Waals surface area (Å²) < 4.78 is 0. The standard InChI is InChI=1S/C26H26O2/c27-23-15-11-21(12-16-23)26(22-13-17-24(28)18-14-22)25(19-7-3-1-4-8-19)20-9-5-2-6-10-20/h1,3-4,7-8,11-18,20,27-28H,2,5-6,9-10H2. The highest BCUT2D eigenvalue weighted by molar-refractivity contribution is 5.99. The minimum atomic E-state index is 0.271. The van der Waals surface area contributed by atoms with Crippen molar-refractivity contribution < 1.29 is 10.2 Å². The van der Waals surface area contributed by atoms with E-state index in [9.17, 15) is 10.2 Å². The normalized spacial score (nSPS) is 14.6. The number of benzene rings is 3. The molecule has 1 aliphatic carbocycles. The van der Waals surface area contributed by atoms with Gasteiger partial charge in [-0.05, 0) is 70.9 Å². The Morgan fingerprint density at radius 3 is 1.57 bits per heavy atom. The van der Waals surface area contributed by atoms with Crippen LogP contribution in [0.15, 0.2) is 78.9 Å². The molecule has 1 aliphatic rings. The van der Waals surface area contributed by atoms with Gasteiger partial charge >= 0.3 is 0 Å². The lowest BCUT2D eigenvalue weighted by molar-refractivity contribution is 0.430. The van der Waals surface area contributed by atoms with Crippen molar-refractivity contribution in [2.45, 2.75) is 32.1 Å². The highest BCUT2D eigenvalue weighted by atomic mass is 16.3. The molecule has 0 amide bonds. The number of phenolic OH excluding ortho intramolecular Hbond substituents is 2. The van der Waals surface area contributed by atoms with Gasteiger partial charge in [-0.15, -0.1) is 0 Å². The zero-order chi connectivity index (χ0) is 19.3. The van der Waals surface area contributed by atoms with Gasteiger partial charge < -0.3 is 10.2 Å². The fourth-order valence-corrected chi connectivity index (χ4v) is 4.33. The molecule has 28 heavy (non-hydrogen) atoms. The molecule has 0 spiro atoms. The second-order valence-corrected chi connectivity index (χ2v) is 7.58. The van der Waals surface area contributed by atoms with E-state index < -0.39 is 0 Å². The minimum absolute atomic E-state index is 0.271. The molecule has 0 unspecified atom stereocenters. The Balaban J connectivity index is 1.98. The SMILES string of the molecule is Oc1ccc(C(=C(c2ccccc2)C2CCCCC2)c2ccc(O)cc2)cc1. The highest BCUT2D eigenvalue weighted by Crippen LogP contribution is 2.43. The van der Waals surface area contributed by atoms with Gasteiger partial charge in [-0.3, -0.25) is 0 Å². The summed E-state index contributed by atoms with van der Waals surface area (Å²) in [5.41, 5.74) is 6.00. The molecule has 2 nitrogen and oxygen atoms in total. The van der Waals surface area contributed by atoms with Crippen LogP contribution in [0.3, 0.4) is 0 Å². The average molecular weight is 370 g/mol. The van der Waals surface area contributed by atoms with Crippen molar-refractivity contribution >= 4 is 11.1 Å². The van der Waals surface area contributed by atoms with E-state index in [-0.39, 0.29) is 11.5 Å². The summed E-state index contributed by atoms with van der Waals surface area (Å²) in [6.07, 6.45) is 6.24. The van der Waals surface area contributed by atoms with Gasteiger partial charge in [0, 0.05) is 0 Å². The third-order valence-electron chi connectivity index (χ3n) is 5.68. The predicted octanol–water partition coefficient (Wildman–Crippen LogP) is 6.64. The summed E-state index contributed by atoms with van der Waals surface area (Å²) in [6.45, 7) is 0. The van der Waals surface area contributed by atoms with Crippen LogP contribution in [0.2, 0.25) is 0 Å². The lowest BCUT2D eigenvalue weighted by Gasteiger charge is -2.28. The fourth-order valence-electron chi connectivity index (χ4n) is 4.33. The number of hydrogen-bond donors (Lipinski definition) is 2. The molecule has 0 saturated heterocycles. The molecule has 0 heterocycles. The molecule has 3 aromatic rings. The maximum absolute atomic E-state index is 9.80. The Kier molecular flexibility index (Phi) is 5.48. The molecule has 1 fully saturated rings. The minimum Gasteiger partial charge on any atom is -0.508 e. The lowest BCUT2D eigenvalue weighted by atomic mass is 9.76. The van der Waals surface area contributed by atoms with Crippen molar-refractivity contribution in [2.24, 2.45) is 5.92 Å². The van der Waals surface area contributed by atoms with E-state index in [1.807, 2.05) is 24.3 Å². The third-order valence-corrected chi connectivity index (χ3v) is 5.68. The van der Waals surface area contributed by atoms with E-state index >= 15 is 0 Å². The van der Waals surface area contributed by atoms with Gasteiger partial charge in [0.05, 0.1) is 0 Å². The van der Waals surface area contributed by atoms with Gasteiger partial charge in [0.2, 0.25) is 0 Å². The van der Waals surface area contributed by atoms with Crippen LogP contribution >= 0.6 is 0 Å². The van der Waals surface area contributed by atoms with Gasteiger partial charge in [0.1, 0.15) is 11.5 Å². The number of rotatable bonds is 4. The summed E-state index contributed by atoms with van der Waals surface area (Å²) in [5.74, 6) is 1.05. The first-order valence-corrected chi connectivity index (χ1v) is 10.1. The number of aromatic hydroxyl groups is 2. The maximum atomic E-state index is 9.80. The van der Waals surface area contributed by atoms with Crippen molar-refractivity contribution in [1.29, 1.82) is 0 Å². The quantitative estimate of drug-likeness (QED) is 0.506. The van der Waals surface area contributed by atoms with E-state index in [0.717, 1.165) is 11.1 Å². The smallest absolute Gasteiger partial charge is 0.115 e. The zero-order valence-electron chi connectivity index (χ0n) is 16.0. The first-order chi connectivity index (χ1) is 13.7. The molecule has 0 bridgehead atoms. The van der Waals surface area contributed by atoms with Crippen LogP contribution in [-0.4, -0.2) is 10.2 Å². The lowest BCUT2D eigenvalue weighted by Crippen LogP contribution is -2.11. The van der Waals surface area contributed by atoms with Crippen LogP contribution in [0.1, 0.15) is 48.8 Å². The molecule has 0 aliphatic heterocycles. The number of phenols is 2. The van der Waals surface area contributed by atoms with Crippen LogP contribution in [0.25, 0.3) is 11.1 Å². The van der Waals surface area contributed by atoms with E-state index in [2.05, 4.69) is 30.3 Å². The molecule has 3 aromatic carbocycles. The van der Waals surface area contributed by atoms with E-state index in [0.29, 0.717) is 5.92 Å². The van der Waals surface area contributed by atoms with Crippen LogP contribution in [0.4, 0.5) is 0 Å². The van der Waals surface area contributed by atoms with Crippen molar-refractivity contribution in [2.75, 3.05) is 0 Å². The molecule has 142 valence electrons. The van der Waals surface area contributed by atoms with E-state index in [1.165, 1.54) is 48.8 Å². The van der Waals surface area contributed by atoms with Gasteiger partial charge in [0.15, 0.2) is 0 Å². The van der Waals surface area contributed by atoms with Crippen LogP contribution in [0.5, 0.6) is 11.5 Å². The van der Waals surface area contributed by atoms with Crippen LogP contribution in [0, 0.1) is 5.92 Å². The zero-order valence-corrected chi connectivity index (χ0v) is 16.0. The summed E-state index contributed by atoms with van der Waals surface area (Å²) in [4.78, 5) is 0. The average Bonchev–Trinajstić information content (AvgIpc) is 2.75. The summed E-state index contributed by atoms with van der Waals surface area (Å²) >= 11 is 0. The summed E-state index contributed by atoms with van der Waals surface area (Å²) in [5, 5.41) is 19.6. The highest BCUT2D eigenvalue weighted by Gasteiger charge is 2.24. The Morgan fingerprint density at radius 1 is 0.571 bits per heavy atom. The topological polar surface area (TPSA) is 40.5 Å². The first kappa shape index (κ1) is 18.4. The summed E-state index contributed by atoms with van der Waals surface area (Å²) in [7, 11) is 0. The molecular weight excluding hydrogens is 344 g/mol. The molecule has 2 N–H and O–H groups in total. The molecule has 0 aromatic heterocycles. The molecule has 1 saturated carbocycles. The first-order valence-electron chi connectivity index (χ1n) is 10.1. The van der Waals surface area contributed by atoms with Gasteiger partial charge in [0.25, 0.3) is 0 Å². The van der Waals surface area contributed by atoms with E-state index in [4.69, 9.17) is 0 Å². The second kappa shape index (κ2) is 8.35. The number of hydrogen-bond acceptors (Lipinski definition) is 2. The Morgan fingerprint density at radius 2 is 1.07 bits per heavy atom. The third kappa shape index (κ3) is 3.96. The monoisotopic (exact) mass is 370 g/mol. The van der Waals surface area contributed by atoms with Crippen LogP contribution < -0.4 is 0 Å². The summed E-state index contributed by atoms with van der Waals surface area (Å²) in [6, 6.07) is 25.6. The van der Waals surface area contributed by atoms with Crippen molar-refractivity contribution in [3.8, 4) is 11.5 Å². The van der Waals surface area contributed by atoms with Crippen molar-refractivity contribution in [1.82, 2.24) is 0 Å². The molecule has 2 heteroatoms. The van der Waals surface area contributed by atoms with Gasteiger partial charge in [-0.1, -0.05) is 73.9 Å². The Bertz CT molecular complexity index is 884. The van der Waals surface area contributed by atoms with Gasteiger partial charge in [-0.25, -0.2) is 0 Å². The van der Waals surface area contributed by atoms with Crippen LogP contribution in [-0.2, 0) is 0 Å². The van der Waals surface area contributed by atoms with Gasteiger partial charge in [-0.2, -0.15) is 0 Å². The maximum Gasteiger partial charge on any atom is 0.115 e. The number of allylic oxidation sites excluding steroid dienone is 1. The largest absolute Gasteiger partial charge is 0.508 e. The van der Waals surface area contributed by atoms with Crippen molar-refractivity contribution in [3.05, 3.63) is 95.6 Å². The predicted molar refractivity (Wildman–Crippen MR) is 115 cm³/mol. The molecular formula is C26H26O2. The van der Waals surface area contributed by atoms with Crippen molar-refractivity contribution in [3.63, 3.8) is 0 Å². The molecule has 0 radical (unpaired) electrons. The Hall–Kier alpha value is -3.00. The second-order valence-electron chi connectivity index (χ2n) is 7.58. The Labute approximate surface area is 166 Å². The molecule has 0 atom stereocenters. The molecule has 4 rings (SSSR count). The van der Waals surface area contributed by atoms with E-state index in [1.54, 1.807) is 24.3 Å².